The smallest absolute Gasteiger partial charge is 0.0843 e. The van der Waals surface area contributed by atoms with Gasteiger partial charge in [-0.05, 0) is 47.4 Å². The molecule has 0 aliphatic carbocycles. The van der Waals surface area contributed by atoms with Gasteiger partial charge in [-0.2, -0.15) is 0 Å². The molecule has 0 aliphatic heterocycles. The van der Waals surface area contributed by atoms with E-state index >= 15 is 0 Å². The van der Waals surface area contributed by atoms with Crippen LogP contribution in [0.2, 0.25) is 10.0 Å². The molecule has 3 aromatic carbocycles. The molecule has 0 nitrogen and oxygen atoms in total. The van der Waals surface area contributed by atoms with Gasteiger partial charge in [0.25, 0.3) is 0 Å². The van der Waals surface area contributed by atoms with Gasteiger partial charge in [0.15, 0.2) is 14.3 Å². The first-order valence-electron chi connectivity index (χ1n) is 8.29. The summed E-state index contributed by atoms with van der Waals surface area (Å²) in [5.74, 6) is 0. The third-order valence-electron chi connectivity index (χ3n) is 4.57. The van der Waals surface area contributed by atoms with Crippen LogP contribution >= 0.6 is 33.7 Å². The van der Waals surface area contributed by atoms with E-state index in [-0.39, 0.29) is 15.9 Å². The highest BCUT2D eigenvalue weighted by Gasteiger charge is 2.24. The largest absolute Gasteiger partial charge is 0.187 e. The maximum Gasteiger partial charge on any atom is 0.187 e. The molecule has 126 valence electrons. The van der Waals surface area contributed by atoms with Gasteiger partial charge in [-0.1, -0.05) is 56.1 Å². The lowest BCUT2D eigenvalue weighted by molar-refractivity contribution is 0.590. The molecule has 0 unspecified atom stereocenters. The summed E-state index contributed by atoms with van der Waals surface area (Å²) in [5, 5.41) is 3.93. The first-order valence-corrected chi connectivity index (χ1v) is 10.3. The van der Waals surface area contributed by atoms with Gasteiger partial charge in [0.2, 0.25) is 0 Å². The zero-order valence-corrected chi connectivity index (χ0v) is 16.8. The molecule has 0 spiro atoms. The second-order valence-electron chi connectivity index (χ2n) is 7.36. The summed E-state index contributed by atoms with van der Waals surface area (Å²) in [4.78, 5) is 1.33. The highest BCUT2D eigenvalue weighted by Crippen LogP contribution is 2.49. The zero-order valence-electron chi connectivity index (χ0n) is 14.4. The molecule has 0 fully saturated rings. The lowest BCUT2D eigenvalue weighted by Gasteiger charge is -2.18. The summed E-state index contributed by atoms with van der Waals surface area (Å²) in [6, 6.07) is 21.5. The van der Waals surface area contributed by atoms with E-state index in [0.29, 0.717) is 0 Å². The fourth-order valence-corrected chi connectivity index (χ4v) is 5.93. The molecule has 4 rings (SSSR count). The van der Waals surface area contributed by atoms with Crippen molar-refractivity contribution in [1.29, 1.82) is 0 Å². The Morgan fingerprint density at radius 1 is 0.680 bits per heavy atom. The van der Waals surface area contributed by atoms with E-state index in [0.717, 1.165) is 10.0 Å². The van der Waals surface area contributed by atoms with Crippen LogP contribution in [0, 0.1) is 0 Å². The minimum absolute atomic E-state index is 0.109. The van der Waals surface area contributed by atoms with Crippen LogP contribution in [-0.4, -0.2) is 0 Å². The van der Waals surface area contributed by atoms with Crippen LogP contribution < -0.4 is 0 Å². The zero-order chi connectivity index (χ0) is 17.8. The van der Waals surface area contributed by atoms with Gasteiger partial charge in [0, 0.05) is 43.4 Å². The number of thiophene rings is 1. The summed E-state index contributed by atoms with van der Waals surface area (Å²) >= 11 is 12.5. The molecule has 0 bridgehead atoms. The van der Waals surface area contributed by atoms with E-state index in [1.54, 1.807) is 0 Å². The Kier molecular flexibility index (Phi) is 4.07. The van der Waals surface area contributed by atoms with E-state index < -0.39 is 0 Å². The average molecular weight is 386 g/mol. The van der Waals surface area contributed by atoms with Gasteiger partial charge in [-0.25, -0.2) is 0 Å². The Labute approximate surface area is 161 Å². The van der Waals surface area contributed by atoms with Crippen molar-refractivity contribution in [2.45, 2.75) is 26.2 Å². The summed E-state index contributed by atoms with van der Waals surface area (Å²) in [6.45, 7) is 6.73. The van der Waals surface area contributed by atoms with Crippen LogP contribution in [0.15, 0.2) is 60.7 Å². The topological polar surface area (TPSA) is 0 Å². The first-order chi connectivity index (χ1) is 11.8. The number of benzene rings is 3. The van der Waals surface area contributed by atoms with Crippen molar-refractivity contribution in [2.24, 2.45) is 0 Å². The maximum absolute atomic E-state index is 6.26. The number of hydrogen-bond acceptors (Lipinski definition) is 0. The molecule has 0 amide bonds. The molecular formula is C22H19Cl2S+. The molecular weight excluding hydrogens is 367 g/mol. The van der Waals surface area contributed by atoms with E-state index in [1.165, 1.54) is 30.6 Å². The average Bonchev–Trinajstić information content (AvgIpc) is 2.87. The fraction of sp³-hybridized carbons (Fsp3) is 0.182. The quantitative estimate of drug-likeness (QED) is 0.288. The molecule has 0 saturated carbocycles. The minimum Gasteiger partial charge on any atom is -0.0843 e. The summed E-state index contributed by atoms with van der Waals surface area (Å²) in [6.07, 6.45) is 0. The Hall–Kier alpha value is -1.54. The van der Waals surface area contributed by atoms with Crippen LogP contribution in [0.3, 0.4) is 0 Å². The lowest BCUT2D eigenvalue weighted by atomic mass is 9.87. The van der Waals surface area contributed by atoms with Crippen molar-refractivity contribution in [3.05, 3.63) is 76.3 Å². The van der Waals surface area contributed by atoms with E-state index in [9.17, 15) is 0 Å². The number of halogens is 2. The molecule has 4 aromatic rings. The van der Waals surface area contributed by atoms with Gasteiger partial charge < -0.3 is 0 Å². The molecule has 25 heavy (non-hydrogen) atoms. The van der Waals surface area contributed by atoms with Gasteiger partial charge in [0.05, 0.1) is 0 Å². The third kappa shape index (κ3) is 2.95. The summed E-state index contributed by atoms with van der Waals surface area (Å²) in [7, 11) is -0.109. The molecule has 0 saturated heterocycles. The van der Waals surface area contributed by atoms with Gasteiger partial charge in [0.1, 0.15) is 0 Å². The van der Waals surface area contributed by atoms with Gasteiger partial charge >= 0.3 is 0 Å². The normalized spacial score (nSPS) is 12.2. The fourth-order valence-electron chi connectivity index (χ4n) is 3.24. The predicted octanol–water partition coefficient (Wildman–Crippen LogP) is 8.34. The van der Waals surface area contributed by atoms with Crippen LogP contribution in [0.25, 0.3) is 25.1 Å². The molecule has 0 radical (unpaired) electrons. The van der Waals surface area contributed by atoms with Crippen molar-refractivity contribution in [2.75, 3.05) is 0 Å². The SMILES string of the molecule is CC(C)(C)c1ccc(-[s+]2c3ccc(Cl)cc3c3cc(Cl)ccc32)cc1. The Balaban J connectivity index is 2.03. The van der Waals surface area contributed by atoms with Crippen molar-refractivity contribution in [3.63, 3.8) is 0 Å². The van der Waals surface area contributed by atoms with Gasteiger partial charge in [-0.15, -0.1) is 0 Å². The molecule has 0 aliphatic rings. The summed E-state index contributed by atoms with van der Waals surface area (Å²) < 4.78 is 2.65. The van der Waals surface area contributed by atoms with Crippen LogP contribution in [0.4, 0.5) is 0 Å². The maximum atomic E-state index is 6.26. The highest BCUT2D eigenvalue weighted by molar-refractivity contribution is 7.50. The Bertz CT molecular complexity index is 1020. The second kappa shape index (κ2) is 6.02. The number of fused-ring (bicyclic) bond motifs is 3. The second-order valence-corrected chi connectivity index (χ2v) is 10.2. The standard InChI is InChI=1S/C22H19Cl2S/c1-22(2,3)14-4-8-17(9-5-14)25-20-10-6-15(23)12-18(20)19-13-16(24)7-11-21(19)25/h4-13H,1-3H3/q+1. The molecule has 0 N–H and O–H groups in total. The highest BCUT2D eigenvalue weighted by atomic mass is 35.5. The van der Waals surface area contributed by atoms with Crippen LogP contribution in [0.5, 0.6) is 0 Å². The lowest BCUT2D eigenvalue weighted by Crippen LogP contribution is -2.10. The van der Waals surface area contributed by atoms with Crippen molar-refractivity contribution < 1.29 is 0 Å². The third-order valence-corrected chi connectivity index (χ3v) is 7.37. The van der Waals surface area contributed by atoms with Crippen LogP contribution in [0.1, 0.15) is 26.3 Å². The molecule has 0 atom stereocenters. The van der Waals surface area contributed by atoms with E-state index in [2.05, 4.69) is 69.3 Å². The van der Waals surface area contributed by atoms with Crippen LogP contribution in [-0.2, 0) is 5.41 Å². The monoisotopic (exact) mass is 385 g/mol. The number of rotatable bonds is 1. The first kappa shape index (κ1) is 16.9. The van der Waals surface area contributed by atoms with Crippen molar-refractivity contribution in [3.8, 4) is 4.90 Å². The van der Waals surface area contributed by atoms with Crippen molar-refractivity contribution >= 4 is 53.8 Å². The van der Waals surface area contributed by atoms with E-state index in [4.69, 9.17) is 23.2 Å². The van der Waals surface area contributed by atoms with Gasteiger partial charge in [-0.3, -0.25) is 0 Å². The predicted molar refractivity (Wildman–Crippen MR) is 114 cm³/mol. The summed E-state index contributed by atoms with van der Waals surface area (Å²) in [5.41, 5.74) is 1.51. The van der Waals surface area contributed by atoms with Crippen molar-refractivity contribution in [1.82, 2.24) is 0 Å². The molecule has 1 aromatic heterocycles. The Morgan fingerprint density at radius 3 is 1.60 bits per heavy atom. The molecule has 3 heteroatoms. The Morgan fingerprint density at radius 2 is 1.16 bits per heavy atom. The molecule has 1 heterocycles. The van der Waals surface area contributed by atoms with E-state index in [1.807, 2.05) is 12.1 Å². The number of hydrogen-bond donors (Lipinski definition) is 0. The minimum atomic E-state index is -0.109.